The number of pyridine rings is 1. The normalized spacial score (nSPS) is 23.3. The van der Waals surface area contributed by atoms with E-state index in [9.17, 15) is 8.78 Å². The number of benzene rings is 2. The van der Waals surface area contributed by atoms with Crippen LogP contribution in [0, 0.1) is 17.6 Å². The van der Waals surface area contributed by atoms with Gasteiger partial charge in [-0.3, -0.25) is 4.98 Å². The first-order valence-corrected chi connectivity index (χ1v) is 10.8. The maximum Gasteiger partial charge on any atom is 0.138 e. The first-order valence-electron chi connectivity index (χ1n) is 10.8. The van der Waals surface area contributed by atoms with E-state index in [0.29, 0.717) is 59.2 Å². The second-order valence-electron chi connectivity index (χ2n) is 8.79. The minimum absolute atomic E-state index is 0.370. The lowest BCUT2D eigenvalue weighted by molar-refractivity contribution is -0.109. The van der Waals surface area contributed by atoms with Crippen molar-refractivity contribution in [3.63, 3.8) is 0 Å². The number of morpholine rings is 1. The Labute approximate surface area is 185 Å². The molecule has 6 nitrogen and oxygen atoms in total. The zero-order chi connectivity index (χ0) is 22.3. The monoisotopic (exact) mass is 440 g/mol. The molecule has 2 atom stereocenters. The number of hydrogen-bond acceptors (Lipinski definition) is 6. The molecule has 0 amide bonds. The molecule has 1 unspecified atom stereocenters. The number of anilines is 2. The Hall–Kier alpha value is -2.81. The molecule has 32 heavy (non-hydrogen) atoms. The molecule has 168 valence electrons. The predicted octanol–water partition coefficient (Wildman–Crippen LogP) is 4.17. The van der Waals surface area contributed by atoms with Crippen LogP contribution in [0.4, 0.5) is 20.2 Å². The van der Waals surface area contributed by atoms with Gasteiger partial charge in [0.05, 0.1) is 24.0 Å². The molecule has 1 saturated carbocycles. The third kappa shape index (κ3) is 4.39. The van der Waals surface area contributed by atoms with E-state index in [-0.39, 0.29) is 0 Å². The van der Waals surface area contributed by atoms with Crippen LogP contribution in [0.3, 0.4) is 0 Å². The molecule has 1 saturated heterocycles. The SMILES string of the molecule is CC1(c2cc(Nc3cc(F)cc4cc(OCC5CC5)cnc34)ccc2F)CNC[C@H](N)O1. The number of fused-ring (bicyclic) bond motifs is 1. The fourth-order valence-corrected chi connectivity index (χ4v) is 4.06. The summed E-state index contributed by atoms with van der Waals surface area (Å²) in [7, 11) is 0. The molecule has 3 aromatic rings. The summed E-state index contributed by atoms with van der Waals surface area (Å²) in [5, 5.41) is 6.98. The minimum atomic E-state index is -0.921. The number of nitrogens with one attached hydrogen (secondary N) is 2. The van der Waals surface area contributed by atoms with E-state index >= 15 is 0 Å². The van der Waals surface area contributed by atoms with Crippen molar-refractivity contribution in [3.8, 4) is 5.75 Å². The van der Waals surface area contributed by atoms with Crippen molar-refractivity contribution < 1.29 is 18.3 Å². The van der Waals surface area contributed by atoms with E-state index in [0.717, 1.165) is 0 Å². The van der Waals surface area contributed by atoms with Crippen molar-refractivity contribution in [1.82, 2.24) is 10.3 Å². The van der Waals surface area contributed by atoms with Crippen molar-refractivity contribution in [2.24, 2.45) is 11.7 Å². The highest BCUT2D eigenvalue weighted by Crippen LogP contribution is 2.35. The first kappa shape index (κ1) is 21.1. The Balaban J connectivity index is 1.44. The smallest absolute Gasteiger partial charge is 0.138 e. The number of nitrogens with zero attached hydrogens (tertiary/aromatic N) is 1. The Morgan fingerprint density at radius 2 is 2.09 bits per heavy atom. The van der Waals surface area contributed by atoms with Crippen molar-refractivity contribution in [2.75, 3.05) is 25.0 Å². The molecule has 1 aliphatic heterocycles. The van der Waals surface area contributed by atoms with Gasteiger partial charge in [-0.2, -0.15) is 0 Å². The third-order valence-electron chi connectivity index (χ3n) is 5.94. The van der Waals surface area contributed by atoms with Gasteiger partial charge in [-0.15, -0.1) is 0 Å². The molecule has 2 aliphatic rings. The molecule has 2 aromatic carbocycles. The highest BCUT2D eigenvalue weighted by atomic mass is 19.1. The standard InChI is InChI=1S/C24H26F2N4O2/c1-24(13-28-11-22(27)32-24)19-9-17(4-5-20(19)26)30-21-8-16(25)6-15-7-18(10-29-23(15)21)31-12-14-2-3-14/h4-10,14,22,28,30H,2-3,11-13,27H2,1H3/t22-,24?/m1/s1. The van der Waals surface area contributed by atoms with Gasteiger partial charge >= 0.3 is 0 Å². The van der Waals surface area contributed by atoms with Crippen LogP contribution in [0.1, 0.15) is 25.3 Å². The fraction of sp³-hybridized carbons (Fsp3) is 0.375. The second kappa shape index (κ2) is 8.27. The summed E-state index contributed by atoms with van der Waals surface area (Å²) >= 11 is 0. The average molecular weight is 440 g/mol. The third-order valence-corrected chi connectivity index (χ3v) is 5.94. The zero-order valence-corrected chi connectivity index (χ0v) is 17.8. The quantitative estimate of drug-likeness (QED) is 0.534. The lowest BCUT2D eigenvalue weighted by atomic mass is 9.93. The van der Waals surface area contributed by atoms with Gasteiger partial charge in [0.15, 0.2) is 0 Å². The minimum Gasteiger partial charge on any atom is -0.492 e. The van der Waals surface area contributed by atoms with E-state index in [2.05, 4.69) is 15.6 Å². The van der Waals surface area contributed by atoms with E-state index in [1.54, 1.807) is 31.3 Å². The fourth-order valence-electron chi connectivity index (χ4n) is 4.06. The molecule has 2 fully saturated rings. The topological polar surface area (TPSA) is 81.4 Å². The van der Waals surface area contributed by atoms with Crippen LogP contribution in [0.25, 0.3) is 10.9 Å². The Bertz CT molecular complexity index is 1150. The van der Waals surface area contributed by atoms with Gasteiger partial charge < -0.3 is 25.8 Å². The van der Waals surface area contributed by atoms with E-state index in [1.807, 2.05) is 0 Å². The van der Waals surface area contributed by atoms with Gasteiger partial charge in [-0.25, -0.2) is 8.78 Å². The predicted molar refractivity (Wildman–Crippen MR) is 119 cm³/mol. The van der Waals surface area contributed by atoms with Crippen molar-refractivity contribution in [2.45, 2.75) is 31.6 Å². The highest BCUT2D eigenvalue weighted by molar-refractivity contribution is 5.92. The highest BCUT2D eigenvalue weighted by Gasteiger charge is 2.35. The zero-order valence-electron chi connectivity index (χ0n) is 17.8. The van der Waals surface area contributed by atoms with Gasteiger partial charge in [0.1, 0.15) is 29.2 Å². The first-order chi connectivity index (χ1) is 15.4. The number of halogens is 2. The molecular weight excluding hydrogens is 414 g/mol. The molecular formula is C24H26F2N4O2. The van der Waals surface area contributed by atoms with E-state index in [4.69, 9.17) is 15.2 Å². The Kier molecular flexibility index (Phi) is 5.44. The van der Waals surface area contributed by atoms with Crippen LogP contribution in [0.5, 0.6) is 5.75 Å². The van der Waals surface area contributed by atoms with Gasteiger partial charge in [-0.1, -0.05) is 0 Å². The lowest BCUT2D eigenvalue weighted by Crippen LogP contribution is -2.53. The van der Waals surface area contributed by atoms with Crippen LogP contribution in [-0.4, -0.2) is 30.9 Å². The lowest BCUT2D eigenvalue weighted by Gasteiger charge is -2.38. The second-order valence-corrected chi connectivity index (χ2v) is 8.79. The molecule has 8 heteroatoms. The van der Waals surface area contributed by atoms with Crippen molar-refractivity contribution in [3.05, 3.63) is 59.8 Å². The van der Waals surface area contributed by atoms with Crippen LogP contribution >= 0.6 is 0 Å². The summed E-state index contributed by atoms with van der Waals surface area (Å²) in [6, 6.07) is 9.22. The van der Waals surface area contributed by atoms with E-state index in [1.165, 1.54) is 31.0 Å². The molecule has 0 radical (unpaired) electrons. The maximum absolute atomic E-state index is 14.7. The number of aromatic nitrogens is 1. The summed E-state index contributed by atoms with van der Waals surface area (Å²) in [6.45, 7) is 3.38. The number of nitrogens with two attached hydrogens (primary N) is 1. The average Bonchev–Trinajstić information content (AvgIpc) is 3.57. The largest absolute Gasteiger partial charge is 0.492 e. The van der Waals surface area contributed by atoms with E-state index < -0.39 is 23.5 Å². The number of ether oxygens (including phenoxy) is 2. The summed E-state index contributed by atoms with van der Waals surface area (Å²) < 4.78 is 40.7. The van der Waals surface area contributed by atoms with Crippen molar-refractivity contribution >= 4 is 22.3 Å². The van der Waals surface area contributed by atoms with Gasteiger partial charge in [-0.05, 0) is 62.1 Å². The van der Waals surface area contributed by atoms with Crippen LogP contribution in [0.15, 0.2) is 42.6 Å². The Morgan fingerprint density at radius 3 is 2.88 bits per heavy atom. The summed E-state index contributed by atoms with van der Waals surface area (Å²) in [4.78, 5) is 4.49. The van der Waals surface area contributed by atoms with Crippen LogP contribution in [-0.2, 0) is 10.3 Å². The van der Waals surface area contributed by atoms with Crippen molar-refractivity contribution in [1.29, 1.82) is 0 Å². The van der Waals surface area contributed by atoms with Crippen LogP contribution < -0.4 is 21.1 Å². The summed E-state index contributed by atoms with van der Waals surface area (Å²) in [6.07, 6.45) is 3.50. The maximum atomic E-state index is 14.7. The molecule has 1 aromatic heterocycles. The molecule has 4 N–H and O–H groups in total. The number of rotatable bonds is 6. The van der Waals surface area contributed by atoms with Gasteiger partial charge in [0, 0.05) is 29.7 Å². The Morgan fingerprint density at radius 1 is 1.25 bits per heavy atom. The van der Waals surface area contributed by atoms with Gasteiger partial charge in [0.2, 0.25) is 0 Å². The van der Waals surface area contributed by atoms with Crippen LogP contribution in [0.2, 0.25) is 0 Å². The molecule has 0 spiro atoms. The molecule has 1 aliphatic carbocycles. The summed E-state index contributed by atoms with van der Waals surface area (Å²) in [5.74, 6) is 0.439. The molecule has 0 bridgehead atoms. The summed E-state index contributed by atoms with van der Waals surface area (Å²) in [5.41, 5.74) is 7.03. The molecule has 2 heterocycles. The number of hydrogen-bond donors (Lipinski definition) is 3. The van der Waals surface area contributed by atoms with Gasteiger partial charge in [0.25, 0.3) is 0 Å². The molecule has 5 rings (SSSR count).